The van der Waals surface area contributed by atoms with E-state index in [1.807, 2.05) is 38.1 Å². The van der Waals surface area contributed by atoms with Crippen molar-refractivity contribution in [2.24, 2.45) is 0 Å². The third-order valence-electron chi connectivity index (χ3n) is 7.57. The van der Waals surface area contributed by atoms with Crippen LogP contribution in [0.3, 0.4) is 0 Å². The van der Waals surface area contributed by atoms with Crippen LogP contribution >= 0.6 is 0 Å². The maximum Gasteiger partial charge on any atom is 0.340 e. The number of allylic oxidation sites excluding steroid dienone is 2. The van der Waals surface area contributed by atoms with E-state index in [0.717, 1.165) is 61.2 Å². The fourth-order valence-electron chi connectivity index (χ4n) is 5.19. The van der Waals surface area contributed by atoms with Crippen molar-refractivity contribution in [3.63, 3.8) is 0 Å². The largest absolute Gasteiger partial charge is 0.508 e. The number of aromatic hydroxyl groups is 1. The molecule has 1 aromatic heterocycles. The quantitative estimate of drug-likeness (QED) is 0.309. The maximum absolute atomic E-state index is 13.6. The highest BCUT2D eigenvalue weighted by Crippen LogP contribution is 2.47. The van der Waals surface area contributed by atoms with Crippen molar-refractivity contribution < 1.29 is 14.3 Å². The van der Waals surface area contributed by atoms with E-state index in [2.05, 4.69) is 46.4 Å². The number of aryl methyl sites for hydroxylation is 5. The number of hydrogen-bond donors (Lipinski definition) is 1. The van der Waals surface area contributed by atoms with Gasteiger partial charge < -0.3 is 14.3 Å². The van der Waals surface area contributed by atoms with E-state index >= 15 is 0 Å². The number of hydrogen-bond acceptors (Lipinski definition) is 4. The first-order chi connectivity index (χ1) is 17.1. The second-order valence-electron chi connectivity index (χ2n) is 9.88. The van der Waals surface area contributed by atoms with Gasteiger partial charge in [-0.1, -0.05) is 18.7 Å². The van der Waals surface area contributed by atoms with Crippen LogP contribution in [0, 0.1) is 34.6 Å². The lowest BCUT2D eigenvalue weighted by Gasteiger charge is -2.31. The Morgan fingerprint density at radius 1 is 0.833 bits per heavy atom. The van der Waals surface area contributed by atoms with Gasteiger partial charge in [0, 0.05) is 22.4 Å². The third kappa shape index (κ3) is 3.74. The zero-order chi connectivity index (χ0) is 25.9. The fourth-order valence-corrected chi connectivity index (χ4v) is 5.19. The van der Waals surface area contributed by atoms with E-state index in [-0.39, 0.29) is 11.4 Å². The molecular weight excluding hydrogens is 448 g/mol. The van der Waals surface area contributed by atoms with Crippen molar-refractivity contribution >= 4 is 16.5 Å². The predicted molar refractivity (Wildman–Crippen MR) is 145 cm³/mol. The molecule has 4 aromatic rings. The Balaban J connectivity index is 1.86. The molecule has 0 saturated heterocycles. The van der Waals surface area contributed by atoms with E-state index in [4.69, 9.17) is 9.15 Å². The zero-order valence-electron chi connectivity index (χ0n) is 21.6. The normalized spacial score (nSPS) is 14.1. The molecule has 0 fully saturated rings. The van der Waals surface area contributed by atoms with Crippen LogP contribution in [-0.4, -0.2) is 5.11 Å². The lowest BCUT2D eigenvalue weighted by molar-refractivity contribution is 0.424. The summed E-state index contributed by atoms with van der Waals surface area (Å²) in [4.78, 5) is 13.6. The molecule has 4 heteroatoms. The first-order valence-corrected chi connectivity index (χ1v) is 12.1. The van der Waals surface area contributed by atoms with Gasteiger partial charge in [0.15, 0.2) is 0 Å². The van der Waals surface area contributed by atoms with Crippen LogP contribution in [0.4, 0.5) is 0 Å². The van der Waals surface area contributed by atoms with E-state index < -0.39 is 5.92 Å². The predicted octanol–water partition coefficient (Wildman–Crippen LogP) is 7.55. The van der Waals surface area contributed by atoms with Crippen LogP contribution < -0.4 is 10.4 Å². The summed E-state index contributed by atoms with van der Waals surface area (Å²) in [5.74, 6) is 0.935. The van der Waals surface area contributed by atoms with Crippen molar-refractivity contribution in [2.45, 2.75) is 47.5 Å². The van der Waals surface area contributed by atoms with Gasteiger partial charge in [0.05, 0.1) is 5.56 Å². The molecule has 0 saturated carbocycles. The number of rotatable bonds is 3. The monoisotopic (exact) mass is 478 g/mol. The van der Waals surface area contributed by atoms with E-state index in [1.165, 1.54) is 0 Å². The maximum atomic E-state index is 13.6. The number of benzene rings is 3. The molecule has 1 aliphatic rings. The summed E-state index contributed by atoms with van der Waals surface area (Å²) < 4.78 is 12.2. The van der Waals surface area contributed by atoms with Crippen molar-refractivity contribution in [1.82, 2.24) is 0 Å². The lowest BCUT2D eigenvalue weighted by atomic mass is 9.78. The average molecular weight is 479 g/mol. The summed E-state index contributed by atoms with van der Waals surface area (Å²) in [6, 6.07) is 15.1. The van der Waals surface area contributed by atoms with Gasteiger partial charge in [-0.05, 0) is 117 Å². The van der Waals surface area contributed by atoms with Crippen molar-refractivity contribution in [3.8, 4) is 11.5 Å². The van der Waals surface area contributed by atoms with Crippen LogP contribution in [0.2, 0.25) is 0 Å². The standard InChI is InChI=1S/C32H30O4/c1-16-12-25-20(5)29(22(7)35-27(25)14-18(16)3)31(23-8-10-24(33)11-9-23)30-21(6)26-13-17(2)19(4)15-28(26)36-32(30)34/h8-15,31,33H,7H2,1-6H3. The van der Waals surface area contributed by atoms with Crippen LogP contribution in [-0.2, 0) is 0 Å². The van der Waals surface area contributed by atoms with Crippen molar-refractivity contribution in [3.05, 3.63) is 121 Å². The molecule has 36 heavy (non-hydrogen) atoms. The molecule has 182 valence electrons. The lowest BCUT2D eigenvalue weighted by Crippen LogP contribution is -2.22. The fraction of sp³-hybridized carbons (Fsp3) is 0.219. The Morgan fingerprint density at radius 3 is 2.14 bits per heavy atom. The minimum atomic E-state index is -0.491. The van der Waals surface area contributed by atoms with Gasteiger partial charge in [0.2, 0.25) is 0 Å². The minimum absolute atomic E-state index is 0.159. The summed E-state index contributed by atoms with van der Waals surface area (Å²) in [6.07, 6.45) is 0. The summed E-state index contributed by atoms with van der Waals surface area (Å²) in [6.45, 7) is 16.5. The molecule has 5 rings (SSSR count). The average Bonchev–Trinajstić information content (AvgIpc) is 2.82. The Hall–Kier alpha value is -4.05. The van der Waals surface area contributed by atoms with Gasteiger partial charge in [-0.15, -0.1) is 0 Å². The van der Waals surface area contributed by atoms with Crippen LogP contribution in [0.1, 0.15) is 57.3 Å². The molecule has 2 heterocycles. The van der Waals surface area contributed by atoms with Gasteiger partial charge in [-0.2, -0.15) is 0 Å². The number of fused-ring (bicyclic) bond motifs is 2. The van der Waals surface area contributed by atoms with E-state index in [1.54, 1.807) is 12.1 Å². The summed E-state index contributed by atoms with van der Waals surface area (Å²) >= 11 is 0. The molecule has 1 atom stereocenters. The topological polar surface area (TPSA) is 59.7 Å². The van der Waals surface area contributed by atoms with Crippen LogP contribution in [0.5, 0.6) is 11.5 Å². The Morgan fingerprint density at radius 2 is 1.44 bits per heavy atom. The molecule has 0 spiro atoms. The summed E-state index contributed by atoms with van der Waals surface area (Å²) in [5.41, 5.74) is 9.77. The third-order valence-corrected chi connectivity index (χ3v) is 7.57. The highest BCUT2D eigenvalue weighted by molar-refractivity contribution is 5.85. The minimum Gasteiger partial charge on any atom is -0.508 e. The number of phenolic OH excluding ortho intramolecular Hbond substituents is 1. The second kappa shape index (κ2) is 8.56. The molecule has 0 radical (unpaired) electrons. The zero-order valence-corrected chi connectivity index (χ0v) is 21.6. The molecule has 3 aromatic carbocycles. The second-order valence-corrected chi connectivity index (χ2v) is 9.88. The van der Waals surface area contributed by atoms with Crippen LogP contribution in [0.25, 0.3) is 16.5 Å². The number of ether oxygens (including phenoxy) is 1. The highest BCUT2D eigenvalue weighted by Gasteiger charge is 2.33. The molecule has 1 unspecified atom stereocenters. The van der Waals surface area contributed by atoms with Gasteiger partial charge in [0.25, 0.3) is 0 Å². The first-order valence-electron chi connectivity index (χ1n) is 12.1. The molecule has 1 aliphatic heterocycles. The van der Waals surface area contributed by atoms with Gasteiger partial charge in [-0.25, -0.2) is 4.79 Å². The SMILES string of the molecule is C=C1Oc2cc(C)c(C)cc2C(C)=C1C(c1ccc(O)cc1)c1c(C)c2cc(C)c(C)cc2oc1=O. The van der Waals surface area contributed by atoms with Crippen LogP contribution in [0.15, 0.2) is 75.7 Å². The Bertz CT molecular complexity index is 1650. The molecule has 0 aliphatic carbocycles. The van der Waals surface area contributed by atoms with Crippen molar-refractivity contribution in [1.29, 1.82) is 0 Å². The smallest absolute Gasteiger partial charge is 0.340 e. The van der Waals surface area contributed by atoms with E-state index in [9.17, 15) is 9.90 Å². The highest BCUT2D eigenvalue weighted by atomic mass is 16.5. The summed E-state index contributed by atoms with van der Waals surface area (Å²) in [5, 5.41) is 10.9. The van der Waals surface area contributed by atoms with Gasteiger partial charge in [-0.3, -0.25) is 0 Å². The molecule has 4 nitrogen and oxygen atoms in total. The molecule has 1 N–H and O–H groups in total. The van der Waals surface area contributed by atoms with E-state index in [0.29, 0.717) is 16.9 Å². The van der Waals surface area contributed by atoms with Gasteiger partial charge in [0.1, 0.15) is 22.8 Å². The summed E-state index contributed by atoms with van der Waals surface area (Å²) in [7, 11) is 0. The van der Waals surface area contributed by atoms with Gasteiger partial charge >= 0.3 is 5.63 Å². The Labute approximate surface area is 211 Å². The Kier molecular flexibility index (Phi) is 5.63. The molecular formula is C32H30O4. The first kappa shape index (κ1) is 23.7. The van der Waals surface area contributed by atoms with Crippen molar-refractivity contribution in [2.75, 3.05) is 0 Å². The molecule has 0 amide bonds. The number of phenols is 1. The molecule has 0 bridgehead atoms.